The molecule has 96 valence electrons. The molecular weight excluding hydrogens is 218 g/mol. The maximum absolute atomic E-state index is 11.2. The van der Waals surface area contributed by atoms with E-state index >= 15 is 0 Å². The lowest BCUT2D eigenvalue weighted by atomic mass is 9.95. The topological polar surface area (TPSA) is 67.2 Å². The molecule has 0 aliphatic rings. The number of aryl methyl sites for hydroxylation is 1. The Labute approximate surface area is 102 Å². The molecular formula is C12H21N3O2. The zero-order chi connectivity index (χ0) is 12.7. The van der Waals surface area contributed by atoms with Gasteiger partial charge in [-0.05, 0) is 32.7 Å². The van der Waals surface area contributed by atoms with Crippen molar-refractivity contribution < 1.29 is 9.90 Å². The Morgan fingerprint density at radius 1 is 1.53 bits per heavy atom. The van der Waals surface area contributed by atoms with Gasteiger partial charge in [0, 0.05) is 18.9 Å². The summed E-state index contributed by atoms with van der Waals surface area (Å²) >= 11 is 0. The fraction of sp³-hybridized carbons (Fsp3) is 0.667. The van der Waals surface area contributed by atoms with E-state index in [1.165, 1.54) is 0 Å². The van der Waals surface area contributed by atoms with Crippen molar-refractivity contribution in [2.24, 2.45) is 0 Å². The first-order chi connectivity index (χ1) is 8.08. The molecule has 1 heterocycles. The third-order valence-electron chi connectivity index (χ3n) is 2.94. The number of nitrogens with one attached hydrogen (secondary N) is 1. The van der Waals surface area contributed by atoms with E-state index in [0.29, 0.717) is 13.0 Å². The smallest absolute Gasteiger partial charge is 0.323 e. The number of carbonyl (C=O) groups is 1. The van der Waals surface area contributed by atoms with Crippen LogP contribution in [0, 0.1) is 0 Å². The van der Waals surface area contributed by atoms with Crippen molar-refractivity contribution in [2.45, 2.75) is 45.2 Å². The van der Waals surface area contributed by atoms with Crippen LogP contribution in [0.5, 0.6) is 0 Å². The van der Waals surface area contributed by atoms with Gasteiger partial charge in [-0.25, -0.2) is 4.98 Å². The number of aliphatic carboxylic acids is 1. The SMILES string of the molecule is CCNC(C)(CCCCn1ccnc1)C(=O)O. The first-order valence-electron chi connectivity index (χ1n) is 6.02. The van der Waals surface area contributed by atoms with Crippen LogP contribution in [-0.4, -0.2) is 32.7 Å². The molecule has 17 heavy (non-hydrogen) atoms. The van der Waals surface area contributed by atoms with Crippen molar-refractivity contribution in [1.29, 1.82) is 0 Å². The summed E-state index contributed by atoms with van der Waals surface area (Å²) in [6.45, 7) is 5.23. The van der Waals surface area contributed by atoms with Crippen molar-refractivity contribution >= 4 is 5.97 Å². The molecule has 1 rings (SSSR count). The summed E-state index contributed by atoms with van der Waals surface area (Å²) in [4.78, 5) is 15.1. The van der Waals surface area contributed by atoms with Gasteiger partial charge in [0.1, 0.15) is 5.54 Å². The Morgan fingerprint density at radius 3 is 2.82 bits per heavy atom. The van der Waals surface area contributed by atoms with Gasteiger partial charge in [0.2, 0.25) is 0 Å². The standard InChI is InChI=1S/C12H21N3O2/c1-3-14-12(2,11(16)17)6-4-5-8-15-9-7-13-10-15/h7,9-10,14H,3-6,8H2,1-2H3,(H,16,17). The predicted octanol–water partition coefficient (Wildman–Crippen LogP) is 1.51. The first kappa shape index (κ1) is 13.7. The summed E-state index contributed by atoms with van der Waals surface area (Å²) in [7, 11) is 0. The van der Waals surface area contributed by atoms with Crippen molar-refractivity contribution in [3.05, 3.63) is 18.7 Å². The zero-order valence-electron chi connectivity index (χ0n) is 10.5. The molecule has 0 saturated heterocycles. The van der Waals surface area contributed by atoms with Gasteiger partial charge in [0.05, 0.1) is 6.33 Å². The summed E-state index contributed by atoms with van der Waals surface area (Å²) in [6, 6.07) is 0. The van der Waals surface area contributed by atoms with E-state index in [0.717, 1.165) is 19.4 Å². The zero-order valence-corrected chi connectivity index (χ0v) is 10.5. The lowest BCUT2D eigenvalue weighted by Gasteiger charge is -2.25. The van der Waals surface area contributed by atoms with Crippen LogP contribution in [0.1, 0.15) is 33.1 Å². The fourth-order valence-electron chi connectivity index (χ4n) is 1.85. The molecule has 0 radical (unpaired) electrons. The van der Waals surface area contributed by atoms with Crippen LogP contribution in [0.25, 0.3) is 0 Å². The number of aromatic nitrogens is 2. The molecule has 0 saturated carbocycles. The summed E-state index contributed by atoms with van der Waals surface area (Å²) in [5, 5.41) is 12.2. The van der Waals surface area contributed by atoms with Gasteiger partial charge >= 0.3 is 5.97 Å². The molecule has 5 heteroatoms. The second-order valence-corrected chi connectivity index (χ2v) is 4.43. The molecule has 0 bridgehead atoms. The number of hydrogen-bond donors (Lipinski definition) is 2. The molecule has 1 aromatic rings. The van der Waals surface area contributed by atoms with Crippen LogP contribution >= 0.6 is 0 Å². The van der Waals surface area contributed by atoms with E-state index < -0.39 is 11.5 Å². The minimum absolute atomic E-state index is 0.644. The average molecular weight is 239 g/mol. The number of unbranched alkanes of at least 4 members (excludes halogenated alkanes) is 1. The first-order valence-corrected chi connectivity index (χ1v) is 6.02. The highest BCUT2D eigenvalue weighted by molar-refractivity contribution is 5.78. The summed E-state index contributed by atoms with van der Waals surface area (Å²) in [6.07, 6.45) is 7.94. The van der Waals surface area contributed by atoms with E-state index in [1.807, 2.05) is 17.7 Å². The molecule has 0 aliphatic heterocycles. The second-order valence-electron chi connectivity index (χ2n) is 4.43. The van der Waals surface area contributed by atoms with Gasteiger partial charge in [-0.1, -0.05) is 6.92 Å². The molecule has 1 aromatic heterocycles. The monoisotopic (exact) mass is 239 g/mol. The maximum Gasteiger partial charge on any atom is 0.323 e. The van der Waals surface area contributed by atoms with Crippen LogP contribution in [0.4, 0.5) is 0 Å². The van der Waals surface area contributed by atoms with E-state index in [4.69, 9.17) is 5.11 Å². The number of hydrogen-bond acceptors (Lipinski definition) is 3. The fourth-order valence-corrected chi connectivity index (χ4v) is 1.85. The molecule has 0 spiro atoms. The van der Waals surface area contributed by atoms with E-state index in [-0.39, 0.29) is 0 Å². The van der Waals surface area contributed by atoms with E-state index in [2.05, 4.69) is 10.3 Å². The lowest BCUT2D eigenvalue weighted by Crippen LogP contribution is -2.49. The third kappa shape index (κ3) is 4.19. The van der Waals surface area contributed by atoms with Gasteiger partial charge in [-0.3, -0.25) is 4.79 Å². The average Bonchev–Trinajstić information content (AvgIpc) is 2.77. The Balaban J connectivity index is 2.30. The summed E-state index contributed by atoms with van der Waals surface area (Å²) in [5.74, 6) is -0.776. The van der Waals surface area contributed by atoms with Crippen LogP contribution in [0.2, 0.25) is 0 Å². The van der Waals surface area contributed by atoms with Crippen LogP contribution in [-0.2, 0) is 11.3 Å². The molecule has 0 amide bonds. The Kier molecular flexibility index (Phi) is 5.15. The van der Waals surface area contributed by atoms with Gasteiger partial charge in [-0.2, -0.15) is 0 Å². The normalized spacial score (nSPS) is 14.5. The quantitative estimate of drug-likeness (QED) is 0.675. The Hall–Kier alpha value is -1.36. The van der Waals surface area contributed by atoms with E-state index in [1.54, 1.807) is 19.4 Å². The Bertz CT molecular complexity index is 338. The number of imidazole rings is 1. The highest BCUT2D eigenvalue weighted by Crippen LogP contribution is 2.14. The molecule has 1 unspecified atom stereocenters. The van der Waals surface area contributed by atoms with Crippen LogP contribution in [0.3, 0.4) is 0 Å². The van der Waals surface area contributed by atoms with Gasteiger partial charge in [0.25, 0.3) is 0 Å². The van der Waals surface area contributed by atoms with Crippen LogP contribution in [0.15, 0.2) is 18.7 Å². The van der Waals surface area contributed by atoms with Crippen molar-refractivity contribution in [2.75, 3.05) is 6.54 Å². The second kappa shape index (κ2) is 6.39. The molecule has 0 aliphatic carbocycles. The molecule has 0 fully saturated rings. The largest absolute Gasteiger partial charge is 0.480 e. The third-order valence-corrected chi connectivity index (χ3v) is 2.94. The summed E-state index contributed by atoms with van der Waals surface area (Å²) in [5.41, 5.74) is -0.802. The highest BCUT2D eigenvalue weighted by atomic mass is 16.4. The molecule has 1 atom stereocenters. The highest BCUT2D eigenvalue weighted by Gasteiger charge is 2.30. The maximum atomic E-state index is 11.2. The van der Waals surface area contributed by atoms with Gasteiger partial charge in [-0.15, -0.1) is 0 Å². The molecule has 0 aromatic carbocycles. The van der Waals surface area contributed by atoms with Crippen molar-refractivity contribution in [1.82, 2.24) is 14.9 Å². The number of rotatable bonds is 8. The molecule has 2 N–H and O–H groups in total. The number of nitrogens with zero attached hydrogens (tertiary/aromatic N) is 2. The Morgan fingerprint density at radius 2 is 2.29 bits per heavy atom. The predicted molar refractivity (Wildman–Crippen MR) is 65.8 cm³/mol. The summed E-state index contributed by atoms with van der Waals surface area (Å²) < 4.78 is 2.01. The number of carboxylic acids is 1. The minimum Gasteiger partial charge on any atom is -0.480 e. The lowest BCUT2D eigenvalue weighted by molar-refractivity contribution is -0.144. The van der Waals surface area contributed by atoms with Crippen LogP contribution < -0.4 is 5.32 Å². The van der Waals surface area contributed by atoms with Crippen molar-refractivity contribution in [3.63, 3.8) is 0 Å². The number of carboxylic acid groups (broad SMARTS) is 1. The van der Waals surface area contributed by atoms with Gasteiger partial charge < -0.3 is 15.0 Å². The van der Waals surface area contributed by atoms with Gasteiger partial charge in [0.15, 0.2) is 0 Å². The minimum atomic E-state index is -0.802. The molecule has 5 nitrogen and oxygen atoms in total. The number of likely N-dealkylation sites (N-methyl/N-ethyl adjacent to an activating group) is 1. The van der Waals surface area contributed by atoms with Crippen molar-refractivity contribution in [3.8, 4) is 0 Å². The van der Waals surface area contributed by atoms with E-state index in [9.17, 15) is 4.79 Å².